The minimum atomic E-state index is 0.623. The van der Waals surface area contributed by atoms with Crippen molar-refractivity contribution in [2.75, 3.05) is 5.73 Å². The summed E-state index contributed by atoms with van der Waals surface area (Å²) in [5.41, 5.74) is 8.12. The van der Waals surface area contributed by atoms with E-state index >= 15 is 0 Å². The first-order valence-electron chi connectivity index (χ1n) is 5.38. The van der Waals surface area contributed by atoms with Gasteiger partial charge in [0.25, 0.3) is 0 Å². The van der Waals surface area contributed by atoms with Gasteiger partial charge in [0.15, 0.2) is 0 Å². The Morgan fingerprint density at radius 1 is 0.889 bits per heavy atom. The number of rotatable bonds is 1. The fourth-order valence-electron chi connectivity index (χ4n) is 1.89. The lowest BCUT2D eigenvalue weighted by molar-refractivity contribution is 0.632. The lowest BCUT2D eigenvalue weighted by atomic mass is 10.1. The largest absolute Gasteiger partial charge is 0.456 e. The van der Waals surface area contributed by atoms with Crippen LogP contribution in [0.1, 0.15) is 0 Å². The lowest BCUT2D eigenvalue weighted by Gasteiger charge is -2.02. The van der Waals surface area contributed by atoms with Gasteiger partial charge in [0.1, 0.15) is 11.3 Å². The number of nitrogens with two attached hydrogens (primary N) is 1. The number of furan rings is 1. The Labute approximate surface area is 114 Å². The van der Waals surface area contributed by atoms with Gasteiger partial charge in [-0.25, -0.2) is 0 Å². The third-order valence-corrected chi connectivity index (χ3v) is 3.23. The standard InChI is InChI=1S/C14H9Cl2NO/c15-9-2-4-13-8(5-9)6-14(18-13)11-7-10(16)1-3-12(11)17/h1-7H,17H2. The lowest BCUT2D eigenvalue weighted by Crippen LogP contribution is -1.88. The number of hydrogen-bond acceptors (Lipinski definition) is 2. The van der Waals surface area contributed by atoms with Gasteiger partial charge in [0, 0.05) is 26.7 Å². The molecule has 1 heterocycles. The molecule has 3 rings (SSSR count). The fourth-order valence-corrected chi connectivity index (χ4v) is 2.24. The molecule has 0 saturated carbocycles. The average Bonchev–Trinajstić information content (AvgIpc) is 2.74. The summed E-state index contributed by atoms with van der Waals surface area (Å²) in [6.07, 6.45) is 0. The molecule has 0 bridgehead atoms. The number of halogens is 2. The van der Waals surface area contributed by atoms with Crippen LogP contribution in [0.3, 0.4) is 0 Å². The van der Waals surface area contributed by atoms with Crippen LogP contribution < -0.4 is 5.73 Å². The Balaban J connectivity index is 2.22. The van der Waals surface area contributed by atoms with E-state index in [0.29, 0.717) is 21.5 Å². The first-order chi connectivity index (χ1) is 8.63. The van der Waals surface area contributed by atoms with Gasteiger partial charge in [-0.15, -0.1) is 0 Å². The van der Waals surface area contributed by atoms with Crippen molar-refractivity contribution in [2.24, 2.45) is 0 Å². The van der Waals surface area contributed by atoms with Crippen molar-refractivity contribution >= 4 is 39.9 Å². The van der Waals surface area contributed by atoms with Gasteiger partial charge in [-0.3, -0.25) is 0 Å². The zero-order valence-corrected chi connectivity index (χ0v) is 10.8. The van der Waals surface area contributed by atoms with E-state index in [2.05, 4.69) is 0 Å². The van der Waals surface area contributed by atoms with Gasteiger partial charge >= 0.3 is 0 Å². The Kier molecular flexibility index (Phi) is 2.69. The molecule has 0 aliphatic heterocycles. The van der Waals surface area contributed by atoms with Gasteiger partial charge in [-0.05, 0) is 42.5 Å². The van der Waals surface area contributed by atoms with E-state index in [9.17, 15) is 0 Å². The zero-order valence-electron chi connectivity index (χ0n) is 9.28. The minimum Gasteiger partial charge on any atom is -0.456 e. The van der Waals surface area contributed by atoms with Crippen molar-refractivity contribution in [1.29, 1.82) is 0 Å². The van der Waals surface area contributed by atoms with Crippen LogP contribution in [0.5, 0.6) is 0 Å². The third-order valence-electron chi connectivity index (χ3n) is 2.76. The predicted octanol–water partition coefficient (Wildman–Crippen LogP) is 4.99. The predicted molar refractivity (Wildman–Crippen MR) is 76.1 cm³/mol. The second-order valence-electron chi connectivity index (χ2n) is 4.02. The summed E-state index contributed by atoms with van der Waals surface area (Å²) in [6, 6.07) is 12.7. The molecule has 0 unspecified atom stereocenters. The van der Waals surface area contributed by atoms with Crippen LogP contribution in [0, 0.1) is 0 Å². The van der Waals surface area contributed by atoms with Gasteiger partial charge in [-0.2, -0.15) is 0 Å². The van der Waals surface area contributed by atoms with E-state index in [1.807, 2.05) is 18.2 Å². The molecule has 2 aromatic carbocycles. The Hall–Kier alpha value is -1.64. The molecule has 90 valence electrons. The number of benzene rings is 2. The van der Waals surface area contributed by atoms with Crippen LogP contribution in [0.2, 0.25) is 10.0 Å². The maximum atomic E-state index is 5.97. The smallest absolute Gasteiger partial charge is 0.137 e. The van der Waals surface area contributed by atoms with Crippen LogP contribution in [0.4, 0.5) is 5.69 Å². The van der Waals surface area contributed by atoms with Crippen molar-refractivity contribution in [1.82, 2.24) is 0 Å². The SMILES string of the molecule is Nc1ccc(Cl)cc1-c1cc2cc(Cl)ccc2o1. The Morgan fingerprint density at radius 3 is 2.44 bits per heavy atom. The number of anilines is 1. The van der Waals surface area contributed by atoms with E-state index < -0.39 is 0 Å². The first kappa shape index (κ1) is 11.5. The van der Waals surface area contributed by atoms with Crippen LogP contribution >= 0.6 is 23.2 Å². The molecule has 0 fully saturated rings. The third kappa shape index (κ3) is 1.94. The second-order valence-corrected chi connectivity index (χ2v) is 4.90. The molecule has 1 aromatic heterocycles. The van der Waals surface area contributed by atoms with Crippen LogP contribution in [0.15, 0.2) is 46.9 Å². The molecule has 0 amide bonds. The van der Waals surface area contributed by atoms with Crippen molar-refractivity contribution < 1.29 is 4.42 Å². The number of hydrogen-bond donors (Lipinski definition) is 1. The molecule has 0 aliphatic rings. The Bertz CT molecular complexity index is 734. The summed E-state index contributed by atoms with van der Waals surface area (Å²) < 4.78 is 5.75. The number of nitrogen functional groups attached to an aromatic ring is 1. The van der Waals surface area contributed by atoms with E-state index in [1.54, 1.807) is 24.3 Å². The highest BCUT2D eigenvalue weighted by Crippen LogP contribution is 2.34. The Morgan fingerprint density at radius 2 is 1.61 bits per heavy atom. The summed E-state index contributed by atoms with van der Waals surface area (Å²) in [6.45, 7) is 0. The van der Waals surface area contributed by atoms with Crippen molar-refractivity contribution in [3.63, 3.8) is 0 Å². The van der Waals surface area contributed by atoms with Crippen molar-refractivity contribution in [3.8, 4) is 11.3 Å². The molecule has 2 nitrogen and oxygen atoms in total. The van der Waals surface area contributed by atoms with E-state index in [4.69, 9.17) is 33.4 Å². The highest BCUT2D eigenvalue weighted by atomic mass is 35.5. The van der Waals surface area contributed by atoms with Crippen molar-refractivity contribution in [2.45, 2.75) is 0 Å². The van der Waals surface area contributed by atoms with E-state index in [1.165, 1.54) is 0 Å². The normalized spacial score (nSPS) is 11.0. The molecule has 0 atom stereocenters. The molecule has 0 saturated heterocycles. The zero-order chi connectivity index (χ0) is 12.7. The maximum absolute atomic E-state index is 5.97. The van der Waals surface area contributed by atoms with Gasteiger partial charge in [0.2, 0.25) is 0 Å². The van der Waals surface area contributed by atoms with Gasteiger partial charge in [-0.1, -0.05) is 23.2 Å². The summed E-state index contributed by atoms with van der Waals surface area (Å²) in [5, 5.41) is 2.24. The van der Waals surface area contributed by atoms with Crippen LogP contribution in [-0.2, 0) is 0 Å². The molecule has 4 heteroatoms. The van der Waals surface area contributed by atoms with E-state index in [0.717, 1.165) is 16.5 Å². The molecule has 2 N–H and O–H groups in total. The maximum Gasteiger partial charge on any atom is 0.137 e. The van der Waals surface area contributed by atoms with Gasteiger partial charge in [0.05, 0.1) is 0 Å². The monoisotopic (exact) mass is 277 g/mol. The molecule has 3 aromatic rings. The molecular weight excluding hydrogens is 269 g/mol. The molecule has 0 spiro atoms. The quantitative estimate of drug-likeness (QED) is 0.637. The first-order valence-corrected chi connectivity index (χ1v) is 6.13. The number of fused-ring (bicyclic) bond motifs is 1. The summed E-state index contributed by atoms with van der Waals surface area (Å²) in [7, 11) is 0. The molecule has 0 radical (unpaired) electrons. The molecular formula is C14H9Cl2NO. The van der Waals surface area contributed by atoms with Crippen LogP contribution in [-0.4, -0.2) is 0 Å². The molecule has 0 aliphatic carbocycles. The second kappa shape index (κ2) is 4.23. The van der Waals surface area contributed by atoms with Crippen molar-refractivity contribution in [3.05, 3.63) is 52.5 Å². The van der Waals surface area contributed by atoms with Gasteiger partial charge < -0.3 is 10.2 Å². The summed E-state index contributed by atoms with van der Waals surface area (Å²) in [5.74, 6) is 0.687. The van der Waals surface area contributed by atoms with E-state index in [-0.39, 0.29) is 0 Å². The fraction of sp³-hybridized carbons (Fsp3) is 0. The van der Waals surface area contributed by atoms with Crippen LogP contribution in [0.25, 0.3) is 22.3 Å². The summed E-state index contributed by atoms with van der Waals surface area (Å²) in [4.78, 5) is 0. The average molecular weight is 278 g/mol. The minimum absolute atomic E-state index is 0.623. The summed E-state index contributed by atoms with van der Waals surface area (Å²) >= 11 is 11.9. The highest BCUT2D eigenvalue weighted by molar-refractivity contribution is 6.31. The highest BCUT2D eigenvalue weighted by Gasteiger charge is 2.10. The molecule has 18 heavy (non-hydrogen) atoms. The topological polar surface area (TPSA) is 39.2 Å².